The zero-order valence-electron chi connectivity index (χ0n) is 12.3. The molecule has 1 aromatic rings. The van der Waals surface area contributed by atoms with Gasteiger partial charge in [0.1, 0.15) is 6.04 Å². The molecule has 1 aromatic heterocycles. The van der Waals surface area contributed by atoms with Crippen molar-refractivity contribution in [3.8, 4) is 0 Å². The molecule has 0 radical (unpaired) electrons. The maximum Gasteiger partial charge on any atom is 0.326 e. The van der Waals surface area contributed by atoms with Crippen LogP contribution in [0, 0.1) is 0 Å². The summed E-state index contributed by atoms with van der Waals surface area (Å²) in [5.41, 5.74) is 0. The summed E-state index contributed by atoms with van der Waals surface area (Å²) in [6.45, 7) is 1.15. The standard InChI is InChI=1S/C15H22N2O3S/c1-16(10-8-12-6-5-11-21-12)15(20)17-9-4-2-3-7-13(17)14(18)19/h5-6,11,13H,2-4,7-10H2,1H3,(H,18,19). The number of nitrogens with zero attached hydrogens (tertiary/aromatic N) is 2. The lowest BCUT2D eigenvalue weighted by molar-refractivity contribution is -0.142. The van der Waals surface area contributed by atoms with Gasteiger partial charge in [-0.25, -0.2) is 9.59 Å². The third-order valence-electron chi connectivity index (χ3n) is 3.88. The van der Waals surface area contributed by atoms with Crippen molar-refractivity contribution in [2.45, 2.75) is 38.1 Å². The van der Waals surface area contributed by atoms with Crippen molar-refractivity contribution in [2.24, 2.45) is 0 Å². The summed E-state index contributed by atoms with van der Waals surface area (Å²) in [5.74, 6) is -0.892. The van der Waals surface area contributed by atoms with Crippen molar-refractivity contribution < 1.29 is 14.7 Å². The number of aliphatic carboxylic acids is 1. The highest BCUT2D eigenvalue weighted by Crippen LogP contribution is 2.19. The molecular formula is C15H22N2O3S. The van der Waals surface area contributed by atoms with E-state index in [1.165, 1.54) is 9.78 Å². The van der Waals surface area contributed by atoms with E-state index < -0.39 is 12.0 Å². The summed E-state index contributed by atoms with van der Waals surface area (Å²) in [6, 6.07) is 3.21. The molecule has 1 aliphatic heterocycles. The second-order valence-corrected chi connectivity index (χ2v) is 6.46. The van der Waals surface area contributed by atoms with Gasteiger partial charge < -0.3 is 14.9 Å². The topological polar surface area (TPSA) is 60.9 Å². The minimum atomic E-state index is -0.892. The molecule has 1 saturated heterocycles. The molecule has 6 heteroatoms. The van der Waals surface area contributed by atoms with Gasteiger partial charge in [-0.2, -0.15) is 0 Å². The van der Waals surface area contributed by atoms with Crippen LogP contribution in [-0.4, -0.2) is 53.1 Å². The summed E-state index contributed by atoms with van der Waals surface area (Å²) in [7, 11) is 1.75. The number of carboxylic acids is 1. The Hall–Kier alpha value is -1.56. The zero-order chi connectivity index (χ0) is 15.2. The Balaban J connectivity index is 1.96. The number of hydrogen-bond donors (Lipinski definition) is 1. The monoisotopic (exact) mass is 310 g/mol. The molecule has 21 heavy (non-hydrogen) atoms. The molecule has 1 N–H and O–H groups in total. The Morgan fingerprint density at radius 3 is 2.90 bits per heavy atom. The molecule has 2 rings (SSSR count). The average molecular weight is 310 g/mol. The summed E-state index contributed by atoms with van der Waals surface area (Å²) in [5, 5.41) is 11.4. The fraction of sp³-hybridized carbons (Fsp3) is 0.600. The van der Waals surface area contributed by atoms with Gasteiger partial charge in [0, 0.05) is 25.0 Å². The number of likely N-dealkylation sites (tertiary alicyclic amines) is 1. The van der Waals surface area contributed by atoms with Gasteiger partial charge in [0.25, 0.3) is 0 Å². The van der Waals surface area contributed by atoms with Crippen molar-refractivity contribution in [2.75, 3.05) is 20.1 Å². The van der Waals surface area contributed by atoms with Crippen LogP contribution in [0.5, 0.6) is 0 Å². The third kappa shape index (κ3) is 4.20. The number of thiophene rings is 1. The summed E-state index contributed by atoms with van der Waals surface area (Å²) >= 11 is 1.68. The summed E-state index contributed by atoms with van der Waals surface area (Å²) < 4.78 is 0. The molecule has 0 aromatic carbocycles. The van der Waals surface area contributed by atoms with Gasteiger partial charge in [0.05, 0.1) is 0 Å². The van der Waals surface area contributed by atoms with Crippen LogP contribution in [0.15, 0.2) is 17.5 Å². The van der Waals surface area contributed by atoms with Crippen LogP contribution in [-0.2, 0) is 11.2 Å². The Morgan fingerprint density at radius 2 is 2.24 bits per heavy atom. The van der Waals surface area contributed by atoms with Crippen LogP contribution in [0.25, 0.3) is 0 Å². The molecule has 0 aliphatic carbocycles. The smallest absolute Gasteiger partial charge is 0.326 e. The lowest BCUT2D eigenvalue weighted by atomic mass is 10.1. The predicted molar refractivity (Wildman–Crippen MR) is 82.6 cm³/mol. The molecule has 0 bridgehead atoms. The van der Waals surface area contributed by atoms with Gasteiger partial charge >= 0.3 is 12.0 Å². The van der Waals surface area contributed by atoms with Crippen LogP contribution >= 0.6 is 11.3 Å². The maximum atomic E-state index is 12.5. The summed E-state index contributed by atoms with van der Waals surface area (Å²) in [6.07, 6.45) is 4.12. The molecular weight excluding hydrogens is 288 g/mol. The molecule has 1 aliphatic rings. The highest BCUT2D eigenvalue weighted by Gasteiger charge is 2.32. The number of carbonyl (C=O) groups excluding carboxylic acids is 1. The molecule has 1 atom stereocenters. The highest BCUT2D eigenvalue weighted by molar-refractivity contribution is 7.09. The number of amides is 2. The van der Waals surface area contributed by atoms with Gasteiger partial charge in [0.2, 0.25) is 0 Å². The van der Waals surface area contributed by atoms with E-state index in [0.29, 0.717) is 19.5 Å². The average Bonchev–Trinajstić information content (AvgIpc) is 2.86. The second kappa shape index (κ2) is 7.45. The van der Waals surface area contributed by atoms with E-state index in [-0.39, 0.29) is 6.03 Å². The number of carboxylic acid groups (broad SMARTS) is 1. The van der Waals surface area contributed by atoms with Crippen molar-refractivity contribution in [1.82, 2.24) is 9.80 Å². The van der Waals surface area contributed by atoms with Crippen LogP contribution in [0.4, 0.5) is 4.79 Å². The Morgan fingerprint density at radius 1 is 1.43 bits per heavy atom. The Kier molecular flexibility index (Phi) is 5.61. The fourth-order valence-corrected chi connectivity index (χ4v) is 3.34. The van der Waals surface area contributed by atoms with E-state index >= 15 is 0 Å². The van der Waals surface area contributed by atoms with Crippen molar-refractivity contribution in [3.63, 3.8) is 0 Å². The van der Waals surface area contributed by atoms with Gasteiger partial charge in [-0.15, -0.1) is 11.3 Å². The van der Waals surface area contributed by atoms with E-state index in [1.807, 2.05) is 11.4 Å². The number of hydrogen-bond acceptors (Lipinski definition) is 3. The quantitative estimate of drug-likeness (QED) is 0.930. The Bertz CT molecular complexity index is 475. The van der Waals surface area contributed by atoms with E-state index in [0.717, 1.165) is 25.7 Å². The van der Waals surface area contributed by atoms with Crippen molar-refractivity contribution in [3.05, 3.63) is 22.4 Å². The van der Waals surface area contributed by atoms with E-state index in [2.05, 4.69) is 6.07 Å². The molecule has 116 valence electrons. The molecule has 1 fully saturated rings. The maximum absolute atomic E-state index is 12.5. The van der Waals surface area contributed by atoms with Crippen molar-refractivity contribution in [1.29, 1.82) is 0 Å². The Labute approximate surface area is 129 Å². The SMILES string of the molecule is CN(CCc1cccs1)C(=O)N1CCCCCC1C(=O)O. The molecule has 0 saturated carbocycles. The largest absolute Gasteiger partial charge is 0.480 e. The lowest BCUT2D eigenvalue weighted by Gasteiger charge is -2.31. The van der Waals surface area contributed by atoms with Gasteiger partial charge in [-0.1, -0.05) is 18.9 Å². The second-order valence-electron chi connectivity index (χ2n) is 5.43. The van der Waals surface area contributed by atoms with E-state index in [9.17, 15) is 14.7 Å². The fourth-order valence-electron chi connectivity index (χ4n) is 2.64. The van der Waals surface area contributed by atoms with Crippen molar-refractivity contribution >= 4 is 23.3 Å². The number of rotatable bonds is 4. The van der Waals surface area contributed by atoms with Gasteiger partial charge in [-0.3, -0.25) is 0 Å². The van der Waals surface area contributed by atoms with E-state index in [4.69, 9.17) is 0 Å². The van der Waals surface area contributed by atoms with Crippen LogP contribution in [0.3, 0.4) is 0 Å². The first kappa shape index (κ1) is 15.8. The van der Waals surface area contributed by atoms with Crippen LogP contribution in [0.1, 0.15) is 30.6 Å². The normalized spacial score (nSPS) is 19.1. The molecule has 1 unspecified atom stereocenters. The van der Waals surface area contributed by atoms with Crippen LogP contribution < -0.4 is 0 Å². The molecule has 0 spiro atoms. The highest BCUT2D eigenvalue weighted by atomic mass is 32.1. The minimum absolute atomic E-state index is 0.166. The zero-order valence-corrected chi connectivity index (χ0v) is 13.1. The van der Waals surface area contributed by atoms with Crippen LogP contribution in [0.2, 0.25) is 0 Å². The number of urea groups is 1. The lowest BCUT2D eigenvalue weighted by Crippen LogP contribution is -2.50. The van der Waals surface area contributed by atoms with E-state index in [1.54, 1.807) is 23.3 Å². The predicted octanol–water partition coefficient (Wildman–Crippen LogP) is 2.67. The number of carbonyl (C=O) groups is 2. The van der Waals surface area contributed by atoms with Gasteiger partial charge in [0.15, 0.2) is 0 Å². The molecule has 2 heterocycles. The molecule has 5 nitrogen and oxygen atoms in total. The first-order chi connectivity index (χ1) is 10.1. The minimum Gasteiger partial charge on any atom is -0.480 e. The third-order valence-corrected chi connectivity index (χ3v) is 4.82. The first-order valence-electron chi connectivity index (χ1n) is 7.36. The molecule has 2 amide bonds. The number of likely N-dealkylation sites (N-methyl/N-ethyl adjacent to an activating group) is 1. The first-order valence-corrected chi connectivity index (χ1v) is 8.24. The summed E-state index contributed by atoms with van der Waals surface area (Å²) in [4.78, 5) is 28.3. The van der Waals surface area contributed by atoms with Gasteiger partial charge in [-0.05, 0) is 30.7 Å².